The van der Waals surface area contributed by atoms with Gasteiger partial charge in [-0.25, -0.2) is 4.79 Å². The number of para-hydroxylation sites is 1. The third kappa shape index (κ3) is 3.61. The molecule has 0 aliphatic carbocycles. The van der Waals surface area contributed by atoms with Crippen LogP contribution in [0.1, 0.15) is 24.4 Å². The van der Waals surface area contributed by atoms with E-state index in [2.05, 4.69) is 10.6 Å². The quantitative estimate of drug-likeness (QED) is 0.784. The first kappa shape index (κ1) is 14.1. The molecule has 5 nitrogen and oxygen atoms in total. The molecule has 5 heteroatoms. The van der Waals surface area contributed by atoms with Gasteiger partial charge in [-0.05, 0) is 30.2 Å². The van der Waals surface area contributed by atoms with Crippen LogP contribution in [0.3, 0.4) is 0 Å². The highest BCUT2D eigenvalue weighted by atomic mass is 16.4. The van der Waals surface area contributed by atoms with Gasteiger partial charge in [0.1, 0.15) is 11.9 Å². The average Bonchev–Trinajstić information content (AvgIpc) is 2.99. The monoisotopic (exact) mass is 274 g/mol. The second kappa shape index (κ2) is 6.77. The Kier molecular flexibility index (Phi) is 4.79. The van der Waals surface area contributed by atoms with Gasteiger partial charge in [0.15, 0.2) is 0 Å². The molecule has 1 aromatic carbocycles. The highest BCUT2D eigenvalue weighted by Gasteiger charge is 2.12. The van der Waals surface area contributed by atoms with Crippen molar-refractivity contribution in [3.8, 4) is 0 Å². The van der Waals surface area contributed by atoms with Crippen molar-refractivity contribution < 1.29 is 14.3 Å². The number of rotatable bonds is 5. The number of benzene rings is 1. The number of aliphatic hydroxyl groups excluding tert-OH is 1. The molecule has 1 aromatic heterocycles. The molecule has 0 saturated heterocycles. The van der Waals surface area contributed by atoms with E-state index in [-0.39, 0.29) is 12.6 Å². The molecule has 20 heavy (non-hydrogen) atoms. The van der Waals surface area contributed by atoms with Crippen LogP contribution in [-0.2, 0) is 6.42 Å². The lowest BCUT2D eigenvalue weighted by atomic mass is 10.1. The zero-order chi connectivity index (χ0) is 14.4. The fourth-order valence-electron chi connectivity index (χ4n) is 1.89. The number of aliphatic hydroxyl groups is 1. The highest BCUT2D eigenvalue weighted by Crippen LogP contribution is 2.15. The number of anilines is 1. The Bertz CT molecular complexity index is 552. The van der Waals surface area contributed by atoms with Crippen molar-refractivity contribution >= 4 is 11.7 Å². The van der Waals surface area contributed by atoms with E-state index in [4.69, 9.17) is 4.42 Å². The standard InChI is InChI=1S/C15H18N2O3/c1-2-11-6-3-4-7-12(11)17-15(19)16-10-13(18)14-8-5-9-20-14/h3-9,13,18H,2,10H2,1H3,(H2,16,17,19). The van der Waals surface area contributed by atoms with Crippen molar-refractivity contribution in [3.63, 3.8) is 0 Å². The topological polar surface area (TPSA) is 74.5 Å². The molecule has 0 saturated carbocycles. The summed E-state index contributed by atoms with van der Waals surface area (Å²) in [7, 11) is 0. The number of hydrogen-bond acceptors (Lipinski definition) is 3. The summed E-state index contributed by atoms with van der Waals surface area (Å²) in [6, 6.07) is 10.6. The lowest BCUT2D eigenvalue weighted by Crippen LogP contribution is -2.32. The van der Waals surface area contributed by atoms with E-state index in [9.17, 15) is 9.90 Å². The van der Waals surface area contributed by atoms with Gasteiger partial charge in [-0.15, -0.1) is 0 Å². The van der Waals surface area contributed by atoms with Crippen LogP contribution in [0.2, 0.25) is 0 Å². The predicted octanol–water partition coefficient (Wildman–Crippen LogP) is 2.70. The average molecular weight is 274 g/mol. The maximum atomic E-state index is 11.8. The fraction of sp³-hybridized carbons (Fsp3) is 0.267. The summed E-state index contributed by atoms with van der Waals surface area (Å²) in [4.78, 5) is 11.8. The van der Waals surface area contributed by atoms with Crippen LogP contribution < -0.4 is 10.6 Å². The molecule has 0 aliphatic rings. The van der Waals surface area contributed by atoms with E-state index < -0.39 is 6.10 Å². The number of nitrogens with one attached hydrogen (secondary N) is 2. The molecular weight excluding hydrogens is 256 g/mol. The second-order valence-corrected chi connectivity index (χ2v) is 4.38. The zero-order valence-electron chi connectivity index (χ0n) is 11.3. The Morgan fingerprint density at radius 3 is 2.80 bits per heavy atom. The zero-order valence-corrected chi connectivity index (χ0v) is 11.3. The molecule has 3 N–H and O–H groups in total. The molecule has 2 aromatic rings. The van der Waals surface area contributed by atoms with Gasteiger partial charge in [0.25, 0.3) is 0 Å². The van der Waals surface area contributed by atoms with Gasteiger partial charge in [-0.1, -0.05) is 25.1 Å². The lowest BCUT2D eigenvalue weighted by Gasteiger charge is -2.12. The van der Waals surface area contributed by atoms with E-state index in [0.717, 1.165) is 17.7 Å². The first-order valence-electron chi connectivity index (χ1n) is 6.55. The summed E-state index contributed by atoms with van der Waals surface area (Å²) < 4.78 is 5.06. The molecule has 1 heterocycles. The summed E-state index contributed by atoms with van der Waals surface area (Å²) in [5.41, 5.74) is 1.84. The van der Waals surface area contributed by atoms with Gasteiger partial charge in [0.05, 0.1) is 12.8 Å². The highest BCUT2D eigenvalue weighted by molar-refractivity contribution is 5.90. The SMILES string of the molecule is CCc1ccccc1NC(=O)NCC(O)c1ccco1. The minimum Gasteiger partial charge on any atom is -0.467 e. The van der Waals surface area contributed by atoms with Crippen LogP contribution in [0.4, 0.5) is 10.5 Å². The third-order valence-electron chi connectivity index (χ3n) is 2.97. The van der Waals surface area contributed by atoms with Gasteiger partial charge in [-0.2, -0.15) is 0 Å². The Balaban J connectivity index is 1.86. The van der Waals surface area contributed by atoms with Crippen LogP contribution in [-0.4, -0.2) is 17.7 Å². The van der Waals surface area contributed by atoms with Crippen LogP contribution in [0.25, 0.3) is 0 Å². The predicted molar refractivity (Wildman–Crippen MR) is 76.5 cm³/mol. The molecule has 0 radical (unpaired) electrons. The molecule has 2 rings (SSSR count). The molecule has 0 spiro atoms. The number of carbonyl (C=O) groups excluding carboxylic acids is 1. The Hall–Kier alpha value is -2.27. The number of amides is 2. The lowest BCUT2D eigenvalue weighted by molar-refractivity contribution is 0.149. The summed E-state index contributed by atoms with van der Waals surface area (Å²) in [6.07, 6.45) is 1.47. The summed E-state index contributed by atoms with van der Waals surface area (Å²) >= 11 is 0. The molecule has 2 amide bonds. The van der Waals surface area contributed by atoms with Crippen molar-refractivity contribution in [2.45, 2.75) is 19.4 Å². The van der Waals surface area contributed by atoms with Gasteiger partial charge in [0.2, 0.25) is 0 Å². The number of carbonyl (C=O) groups is 1. The molecule has 1 atom stereocenters. The van der Waals surface area contributed by atoms with Crippen LogP contribution >= 0.6 is 0 Å². The van der Waals surface area contributed by atoms with Crippen LogP contribution in [0.5, 0.6) is 0 Å². The number of hydrogen-bond donors (Lipinski definition) is 3. The molecular formula is C15H18N2O3. The summed E-state index contributed by atoms with van der Waals surface area (Å²) in [5, 5.41) is 15.2. The summed E-state index contributed by atoms with van der Waals surface area (Å²) in [5.74, 6) is 0.430. The third-order valence-corrected chi connectivity index (χ3v) is 2.97. The van der Waals surface area contributed by atoms with E-state index >= 15 is 0 Å². The van der Waals surface area contributed by atoms with Crippen molar-refractivity contribution in [1.29, 1.82) is 0 Å². The fourth-order valence-corrected chi connectivity index (χ4v) is 1.89. The minimum atomic E-state index is -0.850. The van der Waals surface area contributed by atoms with Gasteiger partial charge < -0.3 is 20.2 Å². The maximum Gasteiger partial charge on any atom is 0.319 e. The van der Waals surface area contributed by atoms with Gasteiger partial charge >= 0.3 is 6.03 Å². The minimum absolute atomic E-state index is 0.0909. The first-order chi connectivity index (χ1) is 9.70. The largest absolute Gasteiger partial charge is 0.467 e. The van der Waals surface area contributed by atoms with Gasteiger partial charge in [-0.3, -0.25) is 0 Å². The summed E-state index contributed by atoms with van der Waals surface area (Å²) in [6.45, 7) is 2.12. The first-order valence-corrected chi connectivity index (χ1v) is 6.55. The Labute approximate surface area is 117 Å². The molecule has 0 aliphatic heterocycles. The molecule has 106 valence electrons. The van der Waals surface area contributed by atoms with Crippen LogP contribution in [0, 0.1) is 0 Å². The normalized spacial score (nSPS) is 11.9. The van der Waals surface area contributed by atoms with Crippen LogP contribution in [0.15, 0.2) is 47.1 Å². The maximum absolute atomic E-state index is 11.8. The van der Waals surface area contributed by atoms with Crippen molar-refractivity contribution in [1.82, 2.24) is 5.32 Å². The molecule has 1 unspecified atom stereocenters. The van der Waals surface area contributed by atoms with Crippen molar-refractivity contribution in [3.05, 3.63) is 54.0 Å². The number of urea groups is 1. The molecule has 0 bridgehead atoms. The Morgan fingerprint density at radius 1 is 1.30 bits per heavy atom. The molecule has 0 fully saturated rings. The van der Waals surface area contributed by atoms with E-state index in [0.29, 0.717) is 5.76 Å². The van der Waals surface area contributed by atoms with Gasteiger partial charge in [0, 0.05) is 5.69 Å². The van der Waals surface area contributed by atoms with Crippen molar-refractivity contribution in [2.75, 3.05) is 11.9 Å². The second-order valence-electron chi connectivity index (χ2n) is 4.38. The number of aryl methyl sites for hydroxylation is 1. The Morgan fingerprint density at radius 2 is 2.10 bits per heavy atom. The van der Waals surface area contributed by atoms with E-state index in [1.165, 1.54) is 6.26 Å². The number of furan rings is 1. The smallest absolute Gasteiger partial charge is 0.319 e. The van der Waals surface area contributed by atoms with Crippen molar-refractivity contribution in [2.24, 2.45) is 0 Å². The van der Waals surface area contributed by atoms with E-state index in [1.807, 2.05) is 31.2 Å². The van der Waals surface area contributed by atoms with E-state index in [1.54, 1.807) is 12.1 Å².